The molecule has 124 valence electrons. The first-order valence-electron chi connectivity index (χ1n) is 7.29. The van der Waals surface area contributed by atoms with Gasteiger partial charge in [0.05, 0.1) is 5.75 Å². The lowest BCUT2D eigenvalue weighted by molar-refractivity contribution is -0.125. The van der Waals surface area contributed by atoms with E-state index < -0.39 is 11.4 Å². The summed E-state index contributed by atoms with van der Waals surface area (Å²) in [6.07, 6.45) is 0.431. The van der Waals surface area contributed by atoms with Gasteiger partial charge in [-0.1, -0.05) is 30.3 Å². The predicted octanol–water partition coefficient (Wildman–Crippen LogP) is -0.327. The van der Waals surface area contributed by atoms with Crippen molar-refractivity contribution < 1.29 is 14.4 Å². The van der Waals surface area contributed by atoms with Gasteiger partial charge in [-0.2, -0.15) is 0 Å². The number of hydrogen-bond acceptors (Lipinski definition) is 5. The van der Waals surface area contributed by atoms with E-state index in [9.17, 15) is 14.4 Å². The van der Waals surface area contributed by atoms with Gasteiger partial charge >= 0.3 is 0 Å². The third-order valence-electron chi connectivity index (χ3n) is 3.27. The first kappa shape index (κ1) is 17.3. The Hall–Kier alpha value is -2.06. The molecule has 3 amide bonds. The lowest BCUT2D eigenvalue weighted by Gasteiger charge is -2.30. The molecule has 1 aliphatic heterocycles. The molecule has 0 spiro atoms. The summed E-state index contributed by atoms with van der Waals surface area (Å²) in [6.45, 7) is 0.457. The Kier molecular flexibility index (Phi) is 6.42. The second kappa shape index (κ2) is 8.54. The van der Waals surface area contributed by atoms with Gasteiger partial charge in [-0.15, -0.1) is 11.8 Å². The third kappa shape index (κ3) is 6.29. The van der Waals surface area contributed by atoms with Crippen molar-refractivity contribution in [1.29, 1.82) is 0 Å². The zero-order valence-electron chi connectivity index (χ0n) is 12.6. The minimum absolute atomic E-state index is 0.102. The number of nitrogens with one attached hydrogen (secondary N) is 3. The lowest BCUT2D eigenvalue weighted by Crippen LogP contribution is -2.56. The summed E-state index contributed by atoms with van der Waals surface area (Å²) in [5.41, 5.74) is 5.70. The molecule has 0 radical (unpaired) electrons. The summed E-state index contributed by atoms with van der Waals surface area (Å²) >= 11 is 1.20. The third-order valence-corrected chi connectivity index (χ3v) is 4.31. The second-order valence-corrected chi connectivity index (χ2v) is 6.35. The van der Waals surface area contributed by atoms with Crippen LogP contribution < -0.4 is 21.7 Å². The minimum Gasteiger partial charge on any atom is -0.369 e. The fourth-order valence-corrected chi connectivity index (χ4v) is 3.06. The molecule has 0 saturated carbocycles. The van der Waals surface area contributed by atoms with Gasteiger partial charge in [-0.25, -0.2) is 0 Å². The largest absolute Gasteiger partial charge is 0.369 e. The van der Waals surface area contributed by atoms with Gasteiger partial charge in [0.25, 0.3) is 0 Å². The molecular weight excluding hydrogens is 316 g/mol. The Morgan fingerprint density at radius 1 is 1.30 bits per heavy atom. The van der Waals surface area contributed by atoms with Crippen LogP contribution in [0.3, 0.4) is 0 Å². The van der Waals surface area contributed by atoms with E-state index in [1.54, 1.807) is 0 Å². The van der Waals surface area contributed by atoms with E-state index >= 15 is 0 Å². The van der Waals surface area contributed by atoms with Gasteiger partial charge in [-0.05, 0) is 5.56 Å². The van der Waals surface area contributed by atoms with Crippen LogP contribution in [-0.4, -0.2) is 35.0 Å². The number of primary amides is 1. The topological polar surface area (TPSA) is 113 Å². The van der Waals surface area contributed by atoms with Gasteiger partial charge < -0.3 is 16.4 Å². The number of carbonyl (C=O) groups is 3. The number of nitrogens with two attached hydrogens (primary N) is 1. The SMILES string of the molecule is NC(=O)CSC1NC(=O)CC(CC(=O)NCc2ccccc2)N1. The molecule has 8 heteroatoms. The Balaban J connectivity index is 1.77. The molecule has 7 nitrogen and oxygen atoms in total. The van der Waals surface area contributed by atoms with Crippen LogP contribution in [0.15, 0.2) is 30.3 Å². The van der Waals surface area contributed by atoms with E-state index in [1.807, 2.05) is 30.3 Å². The molecule has 1 aliphatic rings. The lowest BCUT2D eigenvalue weighted by atomic mass is 10.1. The average molecular weight is 336 g/mol. The van der Waals surface area contributed by atoms with Crippen molar-refractivity contribution in [2.75, 3.05) is 5.75 Å². The number of thioether (sulfide) groups is 1. The molecule has 0 bridgehead atoms. The quantitative estimate of drug-likeness (QED) is 0.545. The van der Waals surface area contributed by atoms with Crippen molar-refractivity contribution in [1.82, 2.24) is 16.0 Å². The molecule has 2 unspecified atom stereocenters. The van der Waals surface area contributed by atoms with Crippen molar-refractivity contribution >= 4 is 29.5 Å². The summed E-state index contributed by atoms with van der Waals surface area (Å²) in [4.78, 5) is 34.5. The normalized spacial score (nSPS) is 20.6. The van der Waals surface area contributed by atoms with Gasteiger partial charge in [0.1, 0.15) is 5.50 Å². The van der Waals surface area contributed by atoms with Crippen LogP contribution in [0.25, 0.3) is 0 Å². The highest BCUT2D eigenvalue weighted by atomic mass is 32.2. The molecule has 5 N–H and O–H groups in total. The molecule has 0 aliphatic carbocycles. The first-order chi connectivity index (χ1) is 11.0. The Bertz CT molecular complexity index is 567. The van der Waals surface area contributed by atoms with Gasteiger partial charge in [0.2, 0.25) is 17.7 Å². The number of benzene rings is 1. The van der Waals surface area contributed by atoms with E-state index in [-0.39, 0.29) is 36.5 Å². The highest BCUT2D eigenvalue weighted by Crippen LogP contribution is 2.13. The van der Waals surface area contributed by atoms with Crippen molar-refractivity contribution in [3.63, 3.8) is 0 Å². The van der Waals surface area contributed by atoms with Crippen molar-refractivity contribution in [2.45, 2.75) is 30.9 Å². The second-order valence-electron chi connectivity index (χ2n) is 5.26. The molecule has 1 saturated heterocycles. The molecule has 1 aromatic carbocycles. The number of carbonyl (C=O) groups excluding carboxylic acids is 3. The van der Waals surface area contributed by atoms with Crippen molar-refractivity contribution in [3.05, 3.63) is 35.9 Å². The monoisotopic (exact) mass is 336 g/mol. The van der Waals surface area contributed by atoms with E-state index in [1.165, 1.54) is 11.8 Å². The Labute approximate surface area is 138 Å². The maximum atomic E-state index is 12.0. The first-order valence-corrected chi connectivity index (χ1v) is 8.34. The molecule has 23 heavy (non-hydrogen) atoms. The number of amides is 3. The predicted molar refractivity (Wildman–Crippen MR) is 88.0 cm³/mol. The van der Waals surface area contributed by atoms with Crippen LogP contribution >= 0.6 is 11.8 Å². The standard InChI is InChI=1S/C15H20N4O3S/c16-12(20)9-23-15-18-11(7-14(22)19-15)6-13(21)17-8-10-4-2-1-3-5-10/h1-5,11,15,18H,6-9H2,(H2,16,20)(H,17,21)(H,19,22). The van der Waals surface area contributed by atoms with Crippen molar-refractivity contribution in [2.24, 2.45) is 5.73 Å². The maximum absolute atomic E-state index is 12.0. The fourth-order valence-electron chi connectivity index (χ4n) is 2.22. The summed E-state index contributed by atoms with van der Waals surface area (Å²) < 4.78 is 0. The van der Waals surface area contributed by atoms with Gasteiger partial charge in [0, 0.05) is 25.4 Å². The number of hydrogen-bond donors (Lipinski definition) is 4. The summed E-state index contributed by atoms with van der Waals surface area (Å²) in [5.74, 6) is -0.620. The van der Waals surface area contributed by atoms with Crippen LogP contribution in [0.4, 0.5) is 0 Å². The summed E-state index contributed by atoms with van der Waals surface area (Å²) in [5, 5.41) is 8.67. The van der Waals surface area contributed by atoms with Crippen LogP contribution in [0.1, 0.15) is 18.4 Å². The molecule has 1 aromatic rings. The smallest absolute Gasteiger partial charge is 0.227 e. The summed E-state index contributed by atoms with van der Waals surface area (Å²) in [6, 6.07) is 9.35. The zero-order chi connectivity index (χ0) is 16.7. The van der Waals surface area contributed by atoms with Gasteiger partial charge in [-0.3, -0.25) is 19.7 Å². The highest BCUT2D eigenvalue weighted by molar-refractivity contribution is 8.00. The fraction of sp³-hybridized carbons (Fsp3) is 0.400. The Morgan fingerprint density at radius 2 is 2.04 bits per heavy atom. The van der Waals surface area contributed by atoms with Crippen LogP contribution in [-0.2, 0) is 20.9 Å². The van der Waals surface area contributed by atoms with Crippen LogP contribution in [0, 0.1) is 0 Å². The van der Waals surface area contributed by atoms with Gasteiger partial charge in [0.15, 0.2) is 0 Å². The zero-order valence-corrected chi connectivity index (χ0v) is 13.4. The molecule has 1 heterocycles. The average Bonchev–Trinajstić information content (AvgIpc) is 2.51. The Morgan fingerprint density at radius 3 is 2.74 bits per heavy atom. The molecule has 2 atom stereocenters. The van der Waals surface area contributed by atoms with Crippen LogP contribution in [0.2, 0.25) is 0 Å². The van der Waals surface area contributed by atoms with E-state index in [0.717, 1.165) is 5.56 Å². The molecule has 2 rings (SSSR count). The van der Waals surface area contributed by atoms with Crippen LogP contribution in [0.5, 0.6) is 0 Å². The summed E-state index contributed by atoms with van der Waals surface area (Å²) in [7, 11) is 0. The molecular formula is C15H20N4O3S. The highest BCUT2D eigenvalue weighted by Gasteiger charge is 2.27. The van der Waals surface area contributed by atoms with Crippen molar-refractivity contribution in [3.8, 4) is 0 Å². The maximum Gasteiger partial charge on any atom is 0.227 e. The molecule has 0 aromatic heterocycles. The minimum atomic E-state index is -0.450. The van der Waals surface area contributed by atoms with E-state index in [4.69, 9.17) is 5.73 Å². The van der Waals surface area contributed by atoms with E-state index in [0.29, 0.717) is 6.54 Å². The van der Waals surface area contributed by atoms with E-state index in [2.05, 4.69) is 16.0 Å². The number of rotatable bonds is 7. The molecule has 1 fully saturated rings.